The van der Waals surface area contributed by atoms with E-state index in [0.717, 1.165) is 53.1 Å². The molecular weight excluding hydrogens is 438 g/mol. The van der Waals surface area contributed by atoms with Gasteiger partial charge in [-0.1, -0.05) is 36.4 Å². The standard InChI is InChI=1S/C27H31N7O/c1-18-13-19(2)22-15-23(27(35)28-24(22)14-18)25(33-12-11-32-10-6-9-21(32)17-33)26-29-30-31-34(26)16-20-7-4-3-5-8-20/h3-5,7-8,13-15,21,25H,6,9-12,16-17H2,1-2H3,(H,28,35)/t21-,25+/m0/s1. The number of pyridine rings is 1. The fourth-order valence-electron chi connectivity index (χ4n) is 5.92. The van der Waals surface area contributed by atoms with Gasteiger partial charge in [-0.05, 0) is 72.5 Å². The molecule has 2 aliphatic heterocycles. The lowest BCUT2D eigenvalue weighted by atomic mass is 9.98. The van der Waals surface area contributed by atoms with E-state index in [0.29, 0.717) is 18.2 Å². The molecule has 0 radical (unpaired) electrons. The summed E-state index contributed by atoms with van der Waals surface area (Å²) >= 11 is 0. The first-order valence-corrected chi connectivity index (χ1v) is 12.5. The van der Waals surface area contributed by atoms with Crippen molar-refractivity contribution in [2.75, 3.05) is 26.2 Å². The zero-order valence-electron chi connectivity index (χ0n) is 20.3. The number of rotatable bonds is 5. The molecule has 6 rings (SSSR count). The zero-order valence-corrected chi connectivity index (χ0v) is 20.3. The van der Waals surface area contributed by atoms with E-state index in [-0.39, 0.29) is 11.6 Å². The SMILES string of the molecule is Cc1cc(C)c2cc([C@H](c3nnnn3Cc3ccccc3)N3CCN4CCC[C@H]4C3)c(=O)[nH]c2c1. The maximum absolute atomic E-state index is 13.6. The Labute approximate surface area is 204 Å². The first-order chi connectivity index (χ1) is 17.1. The van der Waals surface area contributed by atoms with Crippen LogP contribution in [0.4, 0.5) is 0 Å². The van der Waals surface area contributed by atoms with Gasteiger partial charge in [-0.25, -0.2) is 4.68 Å². The number of benzene rings is 2. The number of aromatic amines is 1. The number of fused-ring (bicyclic) bond motifs is 2. The van der Waals surface area contributed by atoms with Gasteiger partial charge >= 0.3 is 0 Å². The summed E-state index contributed by atoms with van der Waals surface area (Å²) < 4.78 is 1.85. The summed E-state index contributed by atoms with van der Waals surface area (Å²) in [5, 5.41) is 14.0. The third kappa shape index (κ3) is 4.17. The number of nitrogens with one attached hydrogen (secondary N) is 1. The van der Waals surface area contributed by atoms with E-state index in [1.165, 1.54) is 19.4 Å². The number of hydrogen-bond acceptors (Lipinski definition) is 6. The molecule has 0 bridgehead atoms. The average molecular weight is 470 g/mol. The topological polar surface area (TPSA) is 82.9 Å². The van der Waals surface area contributed by atoms with E-state index in [9.17, 15) is 4.79 Å². The lowest BCUT2D eigenvalue weighted by Gasteiger charge is -2.41. The van der Waals surface area contributed by atoms with Crippen LogP contribution in [-0.4, -0.2) is 67.2 Å². The molecular formula is C27H31N7O. The van der Waals surface area contributed by atoms with Gasteiger partial charge in [-0.15, -0.1) is 5.10 Å². The molecule has 2 saturated heterocycles. The Morgan fingerprint density at radius 2 is 1.94 bits per heavy atom. The van der Waals surface area contributed by atoms with Gasteiger partial charge in [0.1, 0.15) is 6.04 Å². The molecule has 4 aromatic rings. The molecule has 8 nitrogen and oxygen atoms in total. The second kappa shape index (κ2) is 9.02. The van der Waals surface area contributed by atoms with E-state index in [4.69, 9.17) is 0 Å². The maximum Gasteiger partial charge on any atom is 0.253 e. The predicted octanol–water partition coefficient (Wildman–Crippen LogP) is 3.05. The number of aromatic nitrogens is 5. The number of H-pyrrole nitrogens is 1. The predicted molar refractivity (Wildman–Crippen MR) is 135 cm³/mol. The van der Waals surface area contributed by atoms with Crippen LogP contribution in [0.25, 0.3) is 10.9 Å². The molecule has 180 valence electrons. The molecule has 8 heteroatoms. The van der Waals surface area contributed by atoms with Crippen molar-refractivity contribution in [1.29, 1.82) is 0 Å². The van der Waals surface area contributed by atoms with Crippen molar-refractivity contribution in [2.45, 2.75) is 45.3 Å². The number of aryl methyl sites for hydroxylation is 2. The second-order valence-corrected chi connectivity index (χ2v) is 10.0. The molecule has 0 saturated carbocycles. The monoisotopic (exact) mass is 469 g/mol. The molecule has 1 N–H and O–H groups in total. The second-order valence-electron chi connectivity index (χ2n) is 10.0. The minimum Gasteiger partial charge on any atom is -0.322 e. The van der Waals surface area contributed by atoms with Gasteiger partial charge < -0.3 is 4.98 Å². The molecule has 0 unspecified atom stereocenters. The third-order valence-electron chi connectivity index (χ3n) is 7.60. The van der Waals surface area contributed by atoms with Crippen molar-refractivity contribution in [1.82, 2.24) is 35.0 Å². The Bertz CT molecular complexity index is 1410. The molecule has 2 aromatic carbocycles. The first-order valence-electron chi connectivity index (χ1n) is 12.5. The average Bonchev–Trinajstić information content (AvgIpc) is 3.50. The minimum atomic E-state index is -0.315. The van der Waals surface area contributed by atoms with Crippen LogP contribution in [0.15, 0.2) is 53.3 Å². The Morgan fingerprint density at radius 3 is 2.80 bits per heavy atom. The smallest absolute Gasteiger partial charge is 0.253 e. The van der Waals surface area contributed by atoms with Gasteiger partial charge in [0.15, 0.2) is 5.82 Å². The highest BCUT2D eigenvalue weighted by Gasteiger charge is 2.37. The van der Waals surface area contributed by atoms with Crippen molar-refractivity contribution in [3.63, 3.8) is 0 Å². The van der Waals surface area contributed by atoms with E-state index in [2.05, 4.69) is 68.4 Å². The van der Waals surface area contributed by atoms with Crippen LogP contribution < -0.4 is 5.56 Å². The van der Waals surface area contributed by atoms with Crippen LogP contribution in [0.2, 0.25) is 0 Å². The normalized spacial score (nSPS) is 19.8. The number of nitrogens with zero attached hydrogens (tertiary/aromatic N) is 6. The molecule has 0 spiro atoms. The van der Waals surface area contributed by atoms with Crippen LogP contribution in [0.1, 0.15) is 47.0 Å². The van der Waals surface area contributed by atoms with Crippen LogP contribution in [0.5, 0.6) is 0 Å². The van der Waals surface area contributed by atoms with E-state index < -0.39 is 0 Å². The van der Waals surface area contributed by atoms with Crippen molar-refractivity contribution in [3.8, 4) is 0 Å². The molecule has 2 aromatic heterocycles. The van der Waals surface area contributed by atoms with Crippen molar-refractivity contribution >= 4 is 10.9 Å². The fraction of sp³-hybridized carbons (Fsp3) is 0.407. The van der Waals surface area contributed by atoms with Gasteiger partial charge in [0.05, 0.1) is 6.54 Å². The highest BCUT2D eigenvalue weighted by atomic mass is 16.1. The lowest BCUT2D eigenvalue weighted by molar-refractivity contribution is 0.0790. The number of tetrazole rings is 1. The van der Waals surface area contributed by atoms with Gasteiger partial charge in [-0.2, -0.15) is 0 Å². The Hall–Kier alpha value is -3.36. The third-order valence-corrected chi connectivity index (χ3v) is 7.60. The summed E-state index contributed by atoms with van der Waals surface area (Å²) in [5.41, 5.74) is 4.93. The van der Waals surface area contributed by atoms with Gasteiger partial charge in [-0.3, -0.25) is 14.6 Å². The minimum absolute atomic E-state index is 0.0735. The molecule has 2 atom stereocenters. The van der Waals surface area contributed by atoms with Gasteiger partial charge in [0, 0.05) is 42.1 Å². The molecule has 2 fully saturated rings. The summed E-state index contributed by atoms with van der Waals surface area (Å²) in [6.45, 7) is 8.68. The van der Waals surface area contributed by atoms with Crippen LogP contribution in [-0.2, 0) is 6.54 Å². The largest absolute Gasteiger partial charge is 0.322 e. The summed E-state index contributed by atoms with van der Waals surface area (Å²) in [6, 6.07) is 16.7. The van der Waals surface area contributed by atoms with Crippen molar-refractivity contribution in [2.24, 2.45) is 0 Å². The lowest BCUT2D eigenvalue weighted by Crippen LogP contribution is -2.52. The number of piperazine rings is 1. The van der Waals surface area contributed by atoms with E-state index in [1.807, 2.05) is 28.9 Å². The maximum atomic E-state index is 13.6. The molecule has 35 heavy (non-hydrogen) atoms. The summed E-state index contributed by atoms with van der Waals surface area (Å²) in [4.78, 5) is 21.7. The molecule has 4 heterocycles. The van der Waals surface area contributed by atoms with Gasteiger partial charge in [0.25, 0.3) is 5.56 Å². The van der Waals surface area contributed by atoms with Crippen LogP contribution in [0.3, 0.4) is 0 Å². The van der Waals surface area contributed by atoms with E-state index >= 15 is 0 Å². The fourth-order valence-corrected chi connectivity index (χ4v) is 5.92. The summed E-state index contributed by atoms with van der Waals surface area (Å²) in [5.74, 6) is 0.718. The first kappa shape index (κ1) is 22.1. The summed E-state index contributed by atoms with van der Waals surface area (Å²) in [7, 11) is 0. The van der Waals surface area contributed by atoms with E-state index in [1.54, 1.807) is 0 Å². The summed E-state index contributed by atoms with van der Waals surface area (Å²) in [6.07, 6.45) is 2.44. The Morgan fingerprint density at radius 1 is 1.09 bits per heavy atom. The van der Waals surface area contributed by atoms with Crippen molar-refractivity contribution in [3.05, 3.63) is 87.0 Å². The zero-order chi connectivity index (χ0) is 23.9. The highest BCUT2D eigenvalue weighted by Crippen LogP contribution is 2.32. The molecule has 0 aliphatic carbocycles. The van der Waals surface area contributed by atoms with Crippen molar-refractivity contribution < 1.29 is 0 Å². The van der Waals surface area contributed by atoms with Crippen LogP contribution >= 0.6 is 0 Å². The van der Waals surface area contributed by atoms with Gasteiger partial charge in [0.2, 0.25) is 0 Å². The Kier molecular flexibility index (Phi) is 5.70. The highest BCUT2D eigenvalue weighted by molar-refractivity contribution is 5.83. The molecule has 2 aliphatic rings. The quantitative estimate of drug-likeness (QED) is 0.484. The molecule has 0 amide bonds. The number of hydrogen-bond donors (Lipinski definition) is 1. The van der Waals surface area contributed by atoms with Crippen LogP contribution in [0, 0.1) is 13.8 Å². The Balaban J connectivity index is 1.47.